The van der Waals surface area contributed by atoms with Crippen molar-refractivity contribution in [3.63, 3.8) is 0 Å². The Morgan fingerprint density at radius 3 is 2.50 bits per heavy atom. The van der Waals surface area contributed by atoms with E-state index < -0.39 is 17.6 Å². The van der Waals surface area contributed by atoms with E-state index in [1.807, 2.05) is 32.9 Å². The van der Waals surface area contributed by atoms with Crippen LogP contribution >= 0.6 is 0 Å². The topological polar surface area (TPSA) is 96.0 Å². The van der Waals surface area contributed by atoms with Crippen LogP contribution in [-0.4, -0.2) is 58.3 Å². The molecular formula is C24H31N3O5. The van der Waals surface area contributed by atoms with Gasteiger partial charge in [0.15, 0.2) is 0 Å². The number of rotatable bonds is 3. The Kier molecular flexibility index (Phi) is 5.97. The molecule has 0 spiro atoms. The van der Waals surface area contributed by atoms with Gasteiger partial charge in [0.2, 0.25) is 11.8 Å². The van der Waals surface area contributed by atoms with Crippen LogP contribution in [-0.2, 0) is 27.3 Å². The molecule has 0 aliphatic carbocycles. The first-order valence-corrected chi connectivity index (χ1v) is 11.4. The summed E-state index contributed by atoms with van der Waals surface area (Å²) in [5, 5.41) is 2.35. The Labute approximate surface area is 188 Å². The van der Waals surface area contributed by atoms with Crippen molar-refractivity contribution < 1.29 is 23.9 Å². The van der Waals surface area contributed by atoms with Gasteiger partial charge in [-0.05, 0) is 69.6 Å². The Hall–Kier alpha value is -2.90. The number of benzene rings is 1. The van der Waals surface area contributed by atoms with Gasteiger partial charge in [-0.25, -0.2) is 4.79 Å². The summed E-state index contributed by atoms with van der Waals surface area (Å²) in [7, 11) is 0. The molecule has 172 valence electrons. The molecule has 4 rings (SSSR count). The molecule has 8 nitrogen and oxygen atoms in total. The third kappa shape index (κ3) is 4.64. The Balaban J connectivity index is 1.40. The van der Waals surface area contributed by atoms with Gasteiger partial charge in [-0.1, -0.05) is 12.1 Å². The first-order valence-electron chi connectivity index (χ1n) is 11.4. The van der Waals surface area contributed by atoms with E-state index in [0.717, 1.165) is 30.4 Å². The van der Waals surface area contributed by atoms with E-state index in [4.69, 9.17) is 4.74 Å². The van der Waals surface area contributed by atoms with E-state index >= 15 is 0 Å². The molecule has 0 radical (unpaired) electrons. The van der Waals surface area contributed by atoms with Crippen LogP contribution in [0.15, 0.2) is 18.2 Å². The molecule has 0 aromatic heterocycles. The fraction of sp³-hybridized carbons (Fsp3) is 0.583. The molecule has 2 fully saturated rings. The second-order valence-electron chi connectivity index (χ2n) is 9.96. The third-order valence-electron chi connectivity index (χ3n) is 6.45. The fourth-order valence-corrected chi connectivity index (χ4v) is 4.80. The normalized spacial score (nSPS) is 22.1. The lowest BCUT2D eigenvalue weighted by Crippen LogP contribution is -2.52. The van der Waals surface area contributed by atoms with Crippen LogP contribution in [0.1, 0.15) is 67.9 Å². The Morgan fingerprint density at radius 2 is 1.84 bits per heavy atom. The summed E-state index contributed by atoms with van der Waals surface area (Å²) >= 11 is 0. The minimum Gasteiger partial charge on any atom is -0.444 e. The maximum atomic E-state index is 13.0. The lowest BCUT2D eigenvalue weighted by atomic mass is 9.87. The first kappa shape index (κ1) is 22.3. The molecule has 1 atom stereocenters. The standard InChI is InChI=1S/C24H31N3O5/c1-24(2,3)32-23(31)26-11-9-15(10-12-26)13-16-5-4-6-17-18(16)14-27(22(17)30)19-7-8-20(28)25-21(19)29/h4-6,15,19H,7-14H2,1-3H3,(H,25,28,29). The highest BCUT2D eigenvalue weighted by Gasteiger charge is 2.40. The van der Waals surface area contributed by atoms with Gasteiger partial charge < -0.3 is 14.5 Å². The predicted octanol–water partition coefficient (Wildman–Crippen LogP) is 2.64. The van der Waals surface area contributed by atoms with E-state index in [1.165, 1.54) is 0 Å². The number of likely N-dealkylation sites (tertiary alicyclic amines) is 1. The van der Waals surface area contributed by atoms with Crippen LogP contribution in [0.3, 0.4) is 0 Å². The van der Waals surface area contributed by atoms with Gasteiger partial charge in [0.05, 0.1) is 0 Å². The number of amides is 4. The highest BCUT2D eigenvalue weighted by molar-refractivity contribution is 6.05. The maximum absolute atomic E-state index is 13.0. The van der Waals surface area contributed by atoms with Crippen molar-refractivity contribution in [2.24, 2.45) is 5.92 Å². The van der Waals surface area contributed by atoms with Gasteiger partial charge in [-0.2, -0.15) is 0 Å². The van der Waals surface area contributed by atoms with Gasteiger partial charge in [-0.3, -0.25) is 19.7 Å². The fourth-order valence-electron chi connectivity index (χ4n) is 4.80. The second-order valence-corrected chi connectivity index (χ2v) is 9.96. The summed E-state index contributed by atoms with van der Waals surface area (Å²) in [6.07, 6.45) is 2.95. The number of ether oxygens (including phenoxy) is 1. The number of carbonyl (C=O) groups is 4. The van der Waals surface area contributed by atoms with Crippen LogP contribution in [0.4, 0.5) is 4.79 Å². The zero-order chi connectivity index (χ0) is 23.0. The maximum Gasteiger partial charge on any atom is 0.410 e. The number of nitrogens with zero attached hydrogens (tertiary/aromatic N) is 2. The molecule has 32 heavy (non-hydrogen) atoms. The van der Waals surface area contributed by atoms with E-state index in [1.54, 1.807) is 9.80 Å². The molecule has 0 saturated carbocycles. The SMILES string of the molecule is CC(C)(C)OC(=O)N1CCC(Cc2cccc3c2CN(C2CCC(=O)NC2=O)C3=O)CC1. The summed E-state index contributed by atoms with van der Waals surface area (Å²) in [5.74, 6) is -0.400. The quantitative estimate of drug-likeness (QED) is 0.728. The second kappa shape index (κ2) is 8.56. The number of carbonyl (C=O) groups excluding carboxylic acids is 4. The van der Waals surface area contributed by atoms with Gasteiger partial charge in [0.1, 0.15) is 11.6 Å². The molecule has 3 aliphatic heterocycles. The lowest BCUT2D eigenvalue weighted by molar-refractivity contribution is -0.136. The van der Waals surface area contributed by atoms with Crippen LogP contribution < -0.4 is 5.32 Å². The summed E-state index contributed by atoms with van der Waals surface area (Å²) in [6.45, 7) is 7.33. The summed E-state index contributed by atoms with van der Waals surface area (Å²) < 4.78 is 5.48. The molecule has 1 N–H and O–H groups in total. The summed E-state index contributed by atoms with van der Waals surface area (Å²) in [6, 6.07) is 5.17. The molecule has 1 unspecified atom stereocenters. The Morgan fingerprint density at radius 1 is 1.12 bits per heavy atom. The Bertz CT molecular complexity index is 943. The molecule has 1 aromatic rings. The van der Waals surface area contributed by atoms with Crippen LogP contribution in [0.2, 0.25) is 0 Å². The molecule has 8 heteroatoms. The van der Waals surface area contributed by atoms with E-state index in [-0.39, 0.29) is 24.3 Å². The van der Waals surface area contributed by atoms with E-state index in [9.17, 15) is 19.2 Å². The van der Waals surface area contributed by atoms with E-state index in [2.05, 4.69) is 11.4 Å². The minimum atomic E-state index is -0.600. The number of fused-ring (bicyclic) bond motifs is 1. The number of nitrogens with one attached hydrogen (secondary N) is 1. The number of hydrogen-bond acceptors (Lipinski definition) is 5. The number of piperidine rings is 2. The van der Waals surface area contributed by atoms with Crippen LogP contribution in [0, 0.1) is 5.92 Å². The molecule has 3 aliphatic rings. The van der Waals surface area contributed by atoms with E-state index in [0.29, 0.717) is 37.5 Å². The predicted molar refractivity (Wildman–Crippen MR) is 117 cm³/mol. The van der Waals surface area contributed by atoms with Crippen LogP contribution in [0.5, 0.6) is 0 Å². The average molecular weight is 442 g/mol. The largest absolute Gasteiger partial charge is 0.444 e. The lowest BCUT2D eigenvalue weighted by Gasteiger charge is -2.33. The summed E-state index contributed by atoms with van der Waals surface area (Å²) in [4.78, 5) is 52.4. The third-order valence-corrected chi connectivity index (χ3v) is 6.45. The highest BCUT2D eigenvalue weighted by atomic mass is 16.6. The minimum absolute atomic E-state index is 0.143. The zero-order valence-corrected chi connectivity index (χ0v) is 19.0. The smallest absolute Gasteiger partial charge is 0.410 e. The van der Waals surface area contributed by atoms with Gasteiger partial charge in [0.25, 0.3) is 5.91 Å². The first-order chi connectivity index (χ1) is 15.1. The molecule has 1 aromatic carbocycles. The number of hydrogen-bond donors (Lipinski definition) is 1. The molecule has 0 bridgehead atoms. The molecule has 2 saturated heterocycles. The molecular weight excluding hydrogens is 410 g/mol. The monoisotopic (exact) mass is 441 g/mol. The van der Waals surface area contributed by atoms with Crippen molar-refractivity contribution in [1.82, 2.24) is 15.1 Å². The van der Waals surface area contributed by atoms with Crippen molar-refractivity contribution in [2.45, 2.75) is 71.1 Å². The van der Waals surface area contributed by atoms with Crippen molar-refractivity contribution in [1.29, 1.82) is 0 Å². The van der Waals surface area contributed by atoms with Gasteiger partial charge in [-0.15, -0.1) is 0 Å². The van der Waals surface area contributed by atoms with Crippen molar-refractivity contribution in [2.75, 3.05) is 13.1 Å². The molecule has 4 amide bonds. The molecule has 3 heterocycles. The number of imide groups is 1. The summed E-state index contributed by atoms with van der Waals surface area (Å²) in [5.41, 5.74) is 2.26. The van der Waals surface area contributed by atoms with Gasteiger partial charge in [0, 0.05) is 31.6 Å². The van der Waals surface area contributed by atoms with Crippen LogP contribution in [0.25, 0.3) is 0 Å². The van der Waals surface area contributed by atoms with Crippen molar-refractivity contribution in [3.05, 3.63) is 34.9 Å². The van der Waals surface area contributed by atoms with Gasteiger partial charge >= 0.3 is 6.09 Å². The zero-order valence-electron chi connectivity index (χ0n) is 19.0. The highest BCUT2D eigenvalue weighted by Crippen LogP contribution is 2.32. The van der Waals surface area contributed by atoms with Crippen molar-refractivity contribution >= 4 is 23.8 Å². The average Bonchev–Trinajstić information content (AvgIpc) is 3.05. The van der Waals surface area contributed by atoms with Crippen molar-refractivity contribution in [3.8, 4) is 0 Å².